The van der Waals surface area contributed by atoms with Gasteiger partial charge >= 0.3 is 5.97 Å². The van der Waals surface area contributed by atoms with Crippen molar-refractivity contribution >= 4 is 17.8 Å². The molecular formula is C16H22N4O5. The second-order valence-electron chi connectivity index (χ2n) is 5.75. The van der Waals surface area contributed by atoms with E-state index in [1.165, 1.54) is 12.1 Å². The second-order valence-corrected chi connectivity index (χ2v) is 5.75. The van der Waals surface area contributed by atoms with Gasteiger partial charge in [0.1, 0.15) is 5.69 Å². The molecule has 0 bridgehead atoms. The number of H-pyrrole nitrogens is 1. The molecule has 0 spiro atoms. The number of nitrogens with zero attached hydrogens (tertiary/aromatic N) is 2. The number of hydrogen-bond acceptors (Lipinski definition) is 6. The van der Waals surface area contributed by atoms with Crippen molar-refractivity contribution in [2.75, 3.05) is 19.7 Å². The highest BCUT2D eigenvalue weighted by atomic mass is 16.5. The Morgan fingerprint density at radius 3 is 2.60 bits per heavy atom. The molecule has 1 aromatic heterocycles. The van der Waals surface area contributed by atoms with Crippen LogP contribution >= 0.6 is 0 Å². The van der Waals surface area contributed by atoms with Gasteiger partial charge in [-0.1, -0.05) is 0 Å². The summed E-state index contributed by atoms with van der Waals surface area (Å²) >= 11 is 0. The van der Waals surface area contributed by atoms with Gasteiger partial charge in [-0.3, -0.25) is 19.2 Å². The van der Waals surface area contributed by atoms with Gasteiger partial charge in [0.05, 0.1) is 13.0 Å². The van der Waals surface area contributed by atoms with E-state index in [0.717, 1.165) is 0 Å². The maximum atomic E-state index is 12.3. The number of piperidine rings is 1. The predicted molar refractivity (Wildman–Crippen MR) is 87.8 cm³/mol. The quantitative estimate of drug-likeness (QED) is 0.687. The molecule has 2 rings (SSSR count). The summed E-state index contributed by atoms with van der Waals surface area (Å²) in [5, 5.41) is 8.85. The van der Waals surface area contributed by atoms with Crippen LogP contribution in [0.5, 0.6) is 0 Å². The van der Waals surface area contributed by atoms with Crippen molar-refractivity contribution in [3.05, 3.63) is 28.2 Å². The molecule has 9 heteroatoms. The summed E-state index contributed by atoms with van der Waals surface area (Å²) < 4.78 is 4.78. The minimum atomic E-state index is -0.383. The second kappa shape index (κ2) is 8.95. The van der Waals surface area contributed by atoms with Gasteiger partial charge in [0.15, 0.2) is 0 Å². The first kappa shape index (κ1) is 18.6. The zero-order chi connectivity index (χ0) is 18.2. The van der Waals surface area contributed by atoms with Crippen LogP contribution < -0.4 is 10.9 Å². The number of amides is 2. The Kier molecular flexibility index (Phi) is 6.67. The van der Waals surface area contributed by atoms with E-state index in [1.54, 1.807) is 11.8 Å². The molecule has 9 nitrogen and oxygen atoms in total. The van der Waals surface area contributed by atoms with E-state index in [9.17, 15) is 19.2 Å². The fourth-order valence-electron chi connectivity index (χ4n) is 2.60. The van der Waals surface area contributed by atoms with Gasteiger partial charge in [0.25, 0.3) is 11.5 Å². The highest BCUT2D eigenvalue weighted by Crippen LogP contribution is 2.13. The molecule has 25 heavy (non-hydrogen) atoms. The van der Waals surface area contributed by atoms with Gasteiger partial charge < -0.3 is 15.0 Å². The Balaban J connectivity index is 1.74. The van der Waals surface area contributed by atoms with E-state index < -0.39 is 0 Å². The monoisotopic (exact) mass is 350 g/mol. The van der Waals surface area contributed by atoms with Crippen LogP contribution in [0, 0.1) is 0 Å². The summed E-state index contributed by atoms with van der Waals surface area (Å²) in [4.78, 5) is 48.0. The number of nitrogens with one attached hydrogen (secondary N) is 2. The van der Waals surface area contributed by atoms with Crippen LogP contribution in [0.2, 0.25) is 0 Å². The lowest BCUT2D eigenvalue weighted by molar-refractivity contribution is -0.144. The Morgan fingerprint density at radius 1 is 1.28 bits per heavy atom. The number of rotatable bonds is 6. The van der Waals surface area contributed by atoms with E-state index in [1.807, 2.05) is 0 Å². The Morgan fingerprint density at radius 2 is 2.00 bits per heavy atom. The van der Waals surface area contributed by atoms with Crippen LogP contribution in [0.25, 0.3) is 0 Å². The molecule has 0 unspecified atom stereocenters. The lowest BCUT2D eigenvalue weighted by Crippen LogP contribution is -2.46. The molecule has 1 saturated heterocycles. The highest BCUT2D eigenvalue weighted by Gasteiger charge is 2.25. The number of likely N-dealkylation sites (tertiary alicyclic amines) is 1. The third-order valence-corrected chi connectivity index (χ3v) is 3.91. The minimum absolute atomic E-state index is 0.0257. The number of esters is 1. The largest absolute Gasteiger partial charge is 0.466 e. The number of aromatic amines is 1. The maximum Gasteiger partial charge on any atom is 0.306 e. The number of carbonyl (C=O) groups is 3. The molecule has 1 aliphatic rings. The van der Waals surface area contributed by atoms with Gasteiger partial charge in [0.2, 0.25) is 5.91 Å². The number of aromatic nitrogens is 2. The van der Waals surface area contributed by atoms with Gasteiger partial charge in [-0.2, -0.15) is 5.10 Å². The smallest absolute Gasteiger partial charge is 0.306 e. The Labute approximate surface area is 144 Å². The number of hydrogen-bond donors (Lipinski definition) is 2. The van der Waals surface area contributed by atoms with E-state index in [0.29, 0.717) is 32.5 Å². The van der Waals surface area contributed by atoms with Gasteiger partial charge in [-0.05, 0) is 25.8 Å². The standard InChI is InChI=1S/C16H22N4O5/c1-2-25-15(23)6-5-13(21)17-11-7-9-20(10-8-11)16(24)12-3-4-14(22)19-18-12/h3-4,11H,2,5-10H2,1H3,(H,17,21)(H,19,22). The van der Waals surface area contributed by atoms with Crippen LogP contribution in [-0.2, 0) is 14.3 Å². The predicted octanol–water partition coefficient (Wildman–Crippen LogP) is -0.166. The van der Waals surface area contributed by atoms with Gasteiger partial charge in [0, 0.05) is 31.6 Å². The molecule has 0 aromatic carbocycles. The van der Waals surface area contributed by atoms with Crippen molar-refractivity contribution in [1.29, 1.82) is 0 Å². The molecule has 1 aromatic rings. The average molecular weight is 350 g/mol. The number of carbonyl (C=O) groups excluding carboxylic acids is 3. The molecule has 0 saturated carbocycles. The fourth-order valence-corrected chi connectivity index (χ4v) is 2.60. The Hall–Kier alpha value is -2.71. The van der Waals surface area contributed by atoms with Crippen molar-refractivity contribution in [3.8, 4) is 0 Å². The molecule has 2 N–H and O–H groups in total. The zero-order valence-corrected chi connectivity index (χ0v) is 14.1. The highest BCUT2D eigenvalue weighted by molar-refractivity contribution is 5.92. The van der Waals surface area contributed by atoms with E-state index in [4.69, 9.17) is 4.74 Å². The average Bonchev–Trinajstić information content (AvgIpc) is 2.61. The zero-order valence-electron chi connectivity index (χ0n) is 14.1. The van der Waals surface area contributed by atoms with Crippen molar-refractivity contribution in [2.45, 2.75) is 38.6 Å². The van der Waals surface area contributed by atoms with E-state index >= 15 is 0 Å². The summed E-state index contributed by atoms with van der Waals surface area (Å²) in [5.41, 5.74) is -0.169. The third-order valence-electron chi connectivity index (χ3n) is 3.91. The van der Waals surface area contributed by atoms with E-state index in [2.05, 4.69) is 15.5 Å². The molecule has 2 amide bonds. The summed E-state index contributed by atoms with van der Waals surface area (Å²) in [6.07, 6.45) is 1.41. The van der Waals surface area contributed by atoms with Crippen LogP contribution in [-0.4, -0.2) is 58.6 Å². The van der Waals surface area contributed by atoms with Crippen LogP contribution in [0.15, 0.2) is 16.9 Å². The molecular weight excluding hydrogens is 328 g/mol. The molecule has 136 valence electrons. The van der Waals surface area contributed by atoms with E-state index in [-0.39, 0.29) is 47.9 Å². The Bertz CT molecular complexity index is 659. The first-order chi connectivity index (χ1) is 12.0. The molecule has 2 heterocycles. The lowest BCUT2D eigenvalue weighted by atomic mass is 10.0. The molecule has 0 radical (unpaired) electrons. The maximum absolute atomic E-state index is 12.3. The first-order valence-electron chi connectivity index (χ1n) is 8.29. The van der Waals surface area contributed by atoms with Crippen LogP contribution in [0.1, 0.15) is 43.1 Å². The van der Waals surface area contributed by atoms with Gasteiger partial charge in [-0.25, -0.2) is 5.10 Å². The number of ether oxygens (including phenoxy) is 1. The fraction of sp³-hybridized carbons (Fsp3) is 0.562. The first-order valence-corrected chi connectivity index (χ1v) is 8.29. The van der Waals surface area contributed by atoms with Crippen molar-refractivity contribution in [1.82, 2.24) is 20.4 Å². The molecule has 1 aliphatic heterocycles. The molecule has 0 atom stereocenters. The SMILES string of the molecule is CCOC(=O)CCC(=O)NC1CCN(C(=O)c2ccc(=O)[nH]n2)CC1. The molecule has 1 fully saturated rings. The third kappa shape index (κ3) is 5.70. The van der Waals surface area contributed by atoms with Crippen LogP contribution in [0.3, 0.4) is 0 Å². The van der Waals surface area contributed by atoms with Gasteiger partial charge in [-0.15, -0.1) is 0 Å². The topological polar surface area (TPSA) is 121 Å². The summed E-state index contributed by atoms with van der Waals surface area (Å²) in [7, 11) is 0. The van der Waals surface area contributed by atoms with Crippen molar-refractivity contribution in [2.24, 2.45) is 0 Å². The summed E-state index contributed by atoms with van der Waals surface area (Å²) in [6, 6.07) is 2.63. The summed E-state index contributed by atoms with van der Waals surface area (Å²) in [6.45, 7) is 3.00. The van der Waals surface area contributed by atoms with Crippen molar-refractivity contribution in [3.63, 3.8) is 0 Å². The normalized spacial score (nSPS) is 14.8. The molecule has 0 aliphatic carbocycles. The lowest BCUT2D eigenvalue weighted by Gasteiger charge is -2.32. The summed E-state index contributed by atoms with van der Waals surface area (Å²) in [5.74, 6) is -0.824. The van der Waals surface area contributed by atoms with Crippen LogP contribution in [0.4, 0.5) is 0 Å². The minimum Gasteiger partial charge on any atom is -0.466 e. The van der Waals surface area contributed by atoms with Crippen molar-refractivity contribution < 1.29 is 19.1 Å².